The standard InChI is InChI=1S/C14H25N5/c1-11-10-19(9-8-15-11)13-16-12(17-18-13)14(2)6-4-3-5-7-14/h11,15H,3-10H2,1-2H3,(H,16,17,18). The van der Waals surface area contributed by atoms with Gasteiger partial charge in [0.2, 0.25) is 5.95 Å². The van der Waals surface area contributed by atoms with Gasteiger partial charge < -0.3 is 10.2 Å². The van der Waals surface area contributed by atoms with Gasteiger partial charge in [-0.05, 0) is 19.8 Å². The number of hydrogen-bond donors (Lipinski definition) is 2. The van der Waals surface area contributed by atoms with Gasteiger partial charge in [0, 0.05) is 31.1 Å². The lowest BCUT2D eigenvalue weighted by Gasteiger charge is -2.32. The summed E-state index contributed by atoms with van der Waals surface area (Å²) in [6.45, 7) is 7.55. The summed E-state index contributed by atoms with van der Waals surface area (Å²) in [5.41, 5.74) is 0.211. The molecule has 0 aromatic carbocycles. The highest BCUT2D eigenvalue weighted by Gasteiger charge is 2.33. The molecule has 2 N–H and O–H groups in total. The van der Waals surface area contributed by atoms with Crippen molar-refractivity contribution in [3.63, 3.8) is 0 Å². The number of nitrogens with zero attached hydrogens (tertiary/aromatic N) is 3. The van der Waals surface area contributed by atoms with E-state index in [1.165, 1.54) is 32.1 Å². The molecule has 1 saturated heterocycles. The lowest BCUT2D eigenvalue weighted by molar-refractivity contribution is 0.305. The van der Waals surface area contributed by atoms with Crippen LogP contribution in [-0.4, -0.2) is 40.9 Å². The molecule has 0 radical (unpaired) electrons. The number of rotatable bonds is 2. The molecule has 5 heteroatoms. The van der Waals surface area contributed by atoms with Crippen LogP contribution in [0, 0.1) is 0 Å². The average molecular weight is 263 g/mol. The van der Waals surface area contributed by atoms with Crippen LogP contribution in [0.2, 0.25) is 0 Å². The molecule has 106 valence electrons. The van der Waals surface area contributed by atoms with Crippen LogP contribution in [0.25, 0.3) is 0 Å². The second kappa shape index (κ2) is 5.12. The molecule has 2 fully saturated rings. The fraction of sp³-hybridized carbons (Fsp3) is 0.857. The number of H-pyrrole nitrogens is 1. The molecule has 1 unspecified atom stereocenters. The van der Waals surface area contributed by atoms with Crippen molar-refractivity contribution in [3.05, 3.63) is 5.82 Å². The maximum atomic E-state index is 4.80. The Kier molecular flexibility index (Phi) is 3.48. The van der Waals surface area contributed by atoms with Crippen LogP contribution in [0.5, 0.6) is 0 Å². The number of aromatic nitrogens is 3. The van der Waals surface area contributed by atoms with Crippen molar-refractivity contribution in [3.8, 4) is 0 Å². The van der Waals surface area contributed by atoms with Crippen molar-refractivity contribution in [2.75, 3.05) is 24.5 Å². The van der Waals surface area contributed by atoms with E-state index >= 15 is 0 Å². The normalized spacial score (nSPS) is 27.5. The van der Waals surface area contributed by atoms with E-state index < -0.39 is 0 Å². The molecule has 0 amide bonds. The molecule has 1 aromatic heterocycles. The Balaban J connectivity index is 1.75. The van der Waals surface area contributed by atoms with E-state index in [2.05, 4.69) is 34.3 Å². The summed E-state index contributed by atoms with van der Waals surface area (Å²) in [5.74, 6) is 1.98. The Hall–Kier alpha value is -1.10. The van der Waals surface area contributed by atoms with Gasteiger partial charge in [-0.25, -0.2) is 0 Å². The first kappa shape index (κ1) is 12.9. The molecular formula is C14H25N5. The van der Waals surface area contributed by atoms with Crippen LogP contribution in [0.1, 0.15) is 51.8 Å². The molecule has 1 aliphatic carbocycles. The van der Waals surface area contributed by atoms with E-state index in [-0.39, 0.29) is 5.41 Å². The lowest BCUT2D eigenvalue weighted by atomic mass is 9.75. The van der Waals surface area contributed by atoms with Gasteiger partial charge in [0.1, 0.15) is 5.82 Å². The van der Waals surface area contributed by atoms with Crippen LogP contribution in [0.15, 0.2) is 0 Å². The van der Waals surface area contributed by atoms with Gasteiger partial charge >= 0.3 is 0 Å². The maximum absolute atomic E-state index is 4.80. The summed E-state index contributed by atoms with van der Waals surface area (Å²) in [5, 5.41) is 11.1. The molecule has 1 aromatic rings. The number of anilines is 1. The van der Waals surface area contributed by atoms with E-state index in [0.717, 1.165) is 31.4 Å². The van der Waals surface area contributed by atoms with Crippen molar-refractivity contribution in [1.82, 2.24) is 20.5 Å². The molecule has 2 heterocycles. The Morgan fingerprint density at radius 1 is 1.26 bits per heavy atom. The summed E-state index contributed by atoms with van der Waals surface area (Å²) in [7, 11) is 0. The predicted octanol–water partition coefficient (Wildman–Crippen LogP) is 1.82. The first-order valence-electron chi connectivity index (χ1n) is 7.59. The van der Waals surface area contributed by atoms with Crippen molar-refractivity contribution < 1.29 is 0 Å². The minimum Gasteiger partial charge on any atom is -0.337 e. The van der Waals surface area contributed by atoms with E-state index in [4.69, 9.17) is 4.98 Å². The van der Waals surface area contributed by atoms with E-state index in [1.807, 2.05) is 0 Å². The number of piperazine rings is 1. The second-order valence-corrected chi connectivity index (χ2v) is 6.41. The van der Waals surface area contributed by atoms with E-state index in [0.29, 0.717) is 6.04 Å². The van der Waals surface area contributed by atoms with Crippen LogP contribution in [0.4, 0.5) is 5.95 Å². The number of nitrogens with one attached hydrogen (secondary N) is 2. The monoisotopic (exact) mass is 263 g/mol. The van der Waals surface area contributed by atoms with Gasteiger partial charge in [-0.15, -0.1) is 5.10 Å². The van der Waals surface area contributed by atoms with Gasteiger partial charge in [0.05, 0.1) is 0 Å². The third-order valence-corrected chi connectivity index (χ3v) is 4.65. The molecule has 19 heavy (non-hydrogen) atoms. The highest BCUT2D eigenvalue weighted by Crippen LogP contribution is 2.37. The van der Waals surface area contributed by atoms with E-state index in [1.54, 1.807) is 0 Å². The lowest BCUT2D eigenvalue weighted by Crippen LogP contribution is -2.49. The molecule has 2 aliphatic rings. The minimum absolute atomic E-state index is 0.211. The molecular weight excluding hydrogens is 238 g/mol. The highest BCUT2D eigenvalue weighted by atomic mass is 15.4. The molecule has 1 atom stereocenters. The Labute approximate surface area is 115 Å². The molecule has 5 nitrogen and oxygen atoms in total. The third-order valence-electron chi connectivity index (χ3n) is 4.65. The predicted molar refractivity (Wildman–Crippen MR) is 76.5 cm³/mol. The first-order valence-corrected chi connectivity index (χ1v) is 7.59. The SMILES string of the molecule is CC1CN(c2n[nH]c(C3(C)CCCCC3)n2)CCN1. The average Bonchev–Trinajstić information content (AvgIpc) is 2.90. The molecule has 3 rings (SSSR count). The summed E-state index contributed by atoms with van der Waals surface area (Å²) in [6.07, 6.45) is 6.47. The highest BCUT2D eigenvalue weighted by molar-refractivity contribution is 5.31. The van der Waals surface area contributed by atoms with Crippen LogP contribution in [-0.2, 0) is 5.41 Å². The minimum atomic E-state index is 0.211. The molecule has 0 bridgehead atoms. The van der Waals surface area contributed by atoms with Crippen LogP contribution < -0.4 is 10.2 Å². The molecule has 1 aliphatic heterocycles. The zero-order valence-corrected chi connectivity index (χ0v) is 12.1. The Bertz CT molecular complexity index is 421. The molecule has 0 spiro atoms. The second-order valence-electron chi connectivity index (χ2n) is 6.41. The zero-order chi connectivity index (χ0) is 13.3. The van der Waals surface area contributed by atoms with Gasteiger partial charge in [-0.1, -0.05) is 26.2 Å². The van der Waals surface area contributed by atoms with Crippen molar-refractivity contribution in [2.45, 2.75) is 57.4 Å². The fourth-order valence-corrected chi connectivity index (χ4v) is 3.35. The topological polar surface area (TPSA) is 56.8 Å². The largest absolute Gasteiger partial charge is 0.337 e. The van der Waals surface area contributed by atoms with Crippen molar-refractivity contribution in [2.24, 2.45) is 0 Å². The summed E-state index contributed by atoms with van der Waals surface area (Å²) < 4.78 is 0. The Morgan fingerprint density at radius 3 is 2.79 bits per heavy atom. The quantitative estimate of drug-likeness (QED) is 0.854. The maximum Gasteiger partial charge on any atom is 0.244 e. The fourth-order valence-electron chi connectivity index (χ4n) is 3.35. The van der Waals surface area contributed by atoms with Crippen molar-refractivity contribution >= 4 is 5.95 Å². The zero-order valence-electron chi connectivity index (χ0n) is 12.1. The third kappa shape index (κ3) is 2.61. The smallest absolute Gasteiger partial charge is 0.244 e. The molecule has 1 saturated carbocycles. The van der Waals surface area contributed by atoms with Crippen molar-refractivity contribution in [1.29, 1.82) is 0 Å². The van der Waals surface area contributed by atoms with Crippen LogP contribution >= 0.6 is 0 Å². The van der Waals surface area contributed by atoms with Crippen LogP contribution in [0.3, 0.4) is 0 Å². The summed E-state index contributed by atoms with van der Waals surface area (Å²) in [6, 6.07) is 0.515. The van der Waals surface area contributed by atoms with Gasteiger partial charge in [-0.2, -0.15) is 4.98 Å². The van der Waals surface area contributed by atoms with Gasteiger partial charge in [0.25, 0.3) is 0 Å². The first-order chi connectivity index (χ1) is 9.17. The summed E-state index contributed by atoms with van der Waals surface area (Å²) >= 11 is 0. The van der Waals surface area contributed by atoms with E-state index in [9.17, 15) is 0 Å². The van der Waals surface area contributed by atoms with Gasteiger partial charge in [0.15, 0.2) is 0 Å². The number of hydrogen-bond acceptors (Lipinski definition) is 4. The summed E-state index contributed by atoms with van der Waals surface area (Å²) in [4.78, 5) is 7.08. The van der Waals surface area contributed by atoms with Gasteiger partial charge in [-0.3, -0.25) is 5.10 Å². The number of aromatic amines is 1. The Morgan fingerprint density at radius 2 is 2.05 bits per heavy atom.